The molecule has 0 saturated carbocycles. The molecule has 0 aliphatic rings. The summed E-state index contributed by atoms with van der Waals surface area (Å²) in [7, 11) is 1.55. The van der Waals surface area contributed by atoms with Crippen LogP contribution < -0.4 is 22.6 Å². The van der Waals surface area contributed by atoms with Gasteiger partial charge in [0.15, 0.2) is 10.4 Å². The van der Waals surface area contributed by atoms with Crippen LogP contribution in [0.15, 0.2) is 41.2 Å². The second-order valence-corrected chi connectivity index (χ2v) is 4.20. The van der Waals surface area contributed by atoms with Gasteiger partial charge in [0.25, 0.3) is 0 Å². The molecule has 0 bridgehead atoms. The van der Waals surface area contributed by atoms with E-state index in [0.717, 1.165) is 5.52 Å². The van der Waals surface area contributed by atoms with Gasteiger partial charge in [0.1, 0.15) is 5.75 Å². The predicted octanol–water partition coefficient (Wildman–Crippen LogP) is 0.178. The van der Waals surface area contributed by atoms with Crippen molar-refractivity contribution < 1.29 is 17.1 Å². The Morgan fingerprint density at radius 2 is 1.75 bits per heavy atom. The van der Waals surface area contributed by atoms with Gasteiger partial charge in [0.2, 0.25) is 5.39 Å². The first-order valence-corrected chi connectivity index (χ1v) is 5.72. The smallest absolute Gasteiger partial charge is 0.385 e. The van der Waals surface area contributed by atoms with Crippen LogP contribution in [0.25, 0.3) is 26.8 Å². The molecule has 6 heteroatoms. The van der Waals surface area contributed by atoms with Gasteiger partial charge in [-0.3, -0.25) is 4.79 Å². The average molecular weight is 288 g/mol. The van der Waals surface area contributed by atoms with Crippen molar-refractivity contribution in [3.63, 3.8) is 0 Å². The number of hydrogen-bond donors (Lipinski definition) is 1. The highest BCUT2D eigenvalue weighted by molar-refractivity contribution is 5.94. The maximum absolute atomic E-state index is 12.4. The minimum Gasteiger partial charge on any atom is -1.00 e. The molecule has 0 spiro atoms. The molecular formula is C14H10ClN3O2. The van der Waals surface area contributed by atoms with Crippen molar-refractivity contribution in [3.8, 4) is 5.75 Å². The number of hydrogen-bond acceptors (Lipinski definition) is 3. The summed E-state index contributed by atoms with van der Waals surface area (Å²) in [5.41, 5.74) is 1.68. The first-order chi connectivity index (χ1) is 9.22. The zero-order valence-electron chi connectivity index (χ0n) is 10.6. The minimum absolute atomic E-state index is 0. The second-order valence-electron chi connectivity index (χ2n) is 4.20. The molecule has 2 aromatic carbocycles. The zero-order chi connectivity index (χ0) is 13.4. The molecule has 1 heterocycles. The number of rotatable bonds is 1. The van der Waals surface area contributed by atoms with E-state index < -0.39 is 0 Å². The Morgan fingerprint density at radius 3 is 2.40 bits per heavy atom. The van der Waals surface area contributed by atoms with Gasteiger partial charge in [-0.05, 0) is 24.3 Å². The Kier molecular flexibility index (Phi) is 3.59. The second kappa shape index (κ2) is 5.19. The molecule has 0 aliphatic heterocycles. The lowest BCUT2D eigenvalue weighted by atomic mass is 10.1. The van der Waals surface area contributed by atoms with Crippen LogP contribution in [0.2, 0.25) is 0 Å². The van der Waals surface area contributed by atoms with Gasteiger partial charge < -0.3 is 22.1 Å². The number of benzene rings is 2. The van der Waals surface area contributed by atoms with E-state index in [9.17, 15) is 4.79 Å². The monoisotopic (exact) mass is 287 g/mol. The maximum atomic E-state index is 12.4. The fraction of sp³-hybridized carbons (Fsp3) is 0.0714. The lowest BCUT2D eigenvalue weighted by Crippen LogP contribution is -3.00. The number of aromatic amines is 1. The molecule has 0 atom stereocenters. The summed E-state index contributed by atoms with van der Waals surface area (Å²) in [6.07, 6.45) is 0. The first kappa shape index (κ1) is 13.8. The number of fused-ring (bicyclic) bond motifs is 2. The Hall–Kier alpha value is -2.58. The van der Waals surface area contributed by atoms with Crippen LogP contribution in [0, 0.1) is 5.39 Å². The van der Waals surface area contributed by atoms with Crippen molar-refractivity contribution in [2.24, 2.45) is 0 Å². The maximum Gasteiger partial charge on any atom is 0.385 e. The number of nitrogens with zero attached hydrogens (tertiary/aromatic N) is 2. The molecule has 0 radical (unpaired) electrons. The summed E-state index contributed by atoms with van der Waals surface area (Å²) >= 11 is 0. The number of halogens is 1. The van der Waals surface area contributed by atoms with E-state index in [0.29, 0.717) is 27.7 Å². The van der Waals surface area contributed by atoms with Gasteiger partial charge in [-0.2, -0.15) is 0 Å². The lowest BCUT2D eigenvalue weighted by molar-refractivity contribution is -0.00000437. The van der Waals surface area contributed by atoms with Crippen LogP contribution in [0.4, 0.5) is 5.69 Å². The minimum atomic E-state index is -0.117. The molecule has 3 aromatic rings. The number of nitrogens with one attached hydrogen (secondary N) is 1. The molecular weight excluding hydrogens is 278 g/mol. The summed E-state index contributed by atoms with van der Waals surface area (Å²) in [6.45, 7) is 0. The van der Waals surface area contributed by atoms with Crippen LogP contribution >= 0.6 is 0 Å². The van der Waals surface area contributed by atoms with Crippen LogP contribution in [-0.4, -0.2) is 12.1 Å². The summed E-state index contributed by atoms with van der Waals surface area (Å²) in [5, 5.41) is 9.80. The molecule has 1 N–H and O–H groups in total. The third-order valence-electron chi connectivity index (χ3n) is 3.10. The van der Waals surface area contributed by atoms with E-state index in [1.54, 1.807) is 43.5 Å². The van der Waals surface area contributed by atoms with Gasteiger partial charge in [-0.15, -0.1) is 0 Å². The highest BCUT2D eigenvalue weighted by Crippen LogP contribution is 2.22. The summed E-state index contributed by atoms with van der Waals surface area (Å²) in [6, 6.07) is 10.2. The van der Waals surface area contributed by atoms with Crippen LogP contribution in [0.1, 0.15) is 0 Å². The molecule has 0 aliphatic carbocycles. The molecule has 20 heavy (non-hydrogen) atoms. The Labute approximate surface area is 120 Å². The van der Waals surface area contributed by atoms with Crippen LogP contribution in [0.5, 0.6) is 5.75 Å². The molecule has 0 saturated heterocycles. The summed E-state index contributed by atoms with van der Waals surface area (Å²) in [5.74, 6) is 0.625. The third-order valence-corrected chi connectivity index (χ3v) is 3.10. The van der Waals surface area contributed by atoms with Crippen molar-refractivity contribution in [3.05, 3.63) is 51.6 Å². The number of diazo groups is 1. The van der Waals surface area contributed by atoms with E-state index in [-0.39, 0.29) is 17.8 Å². The normalized spacial score (nSPS) is 10.0. The summed E-state index contributed by atoms with van der Waals surface area (Å²) < 4.78 is 5.12. The zero-order valence-corrected chi connectivity index (χ0v) is 11.3. The van der Waals surface area contributed by atoms with Crippen LogP contribution in [-0.2, 0) is 0 Å². The van der Waals surface area contributed by atoms with Gasteiger partial charge in [-0.1, -0.05) is 0 Å². The average Bonchev–Trinajstić information content (AvgIpc) is 2.47. The highest BCUT2D eigenvalue weighted by atomic mass is 35.5. The summed E-state index contributed by atoms with van der Waals surface area (Å²) in [4.78, 5) is 18.7. The van der Waals surface area contributed by atoms with Crippen molar-refractivity contribution in [1.29, 1.82) is 5.39 Å². The number of pyridine rings is 1. The van der Waals surface area contributed by atoms with Gasteiger partial charge in [-0.25, -0.2) is 0 Å². The van der Waals surface area contributed by atoms with Crippen LogP contribution in [0.3, 0.4) is 0 Å². The molecule has 3 rings (SSSR count). The number of aromatic nitrogens is 1. The third kappa shape index (κ3) is 2.06. The van der Waals surface area contributed by atoms with E-state index in [4.69, 9.17) is 10.1 Å². The standard InChI is InChI=1S/C14H9N3O2.ClH/c1-19-9-3-5-13-11(7-9)14(18)10-6-8(17-15)2-4-12(10)16-13;/h2-7H,1H3;1H. The van der Waals surface area contributed by atoms with Gasteiger partial charge >= 0.3 is 5.69 Å². The largest absolute Gasteiger partial charge is 1.00 e. The van der Waals surface area contributed by atoms with Crippen molar-refractivity contribution >= 4 is 27.5 Å². The topological polar surface area (TPSA) is 70.2 Å². The van der Waals surface area contributed by atoms with Crippen molar-refractivity contribution in [2.75, 3.05) is 7.11 Å². The van der Waals surface area contributed by atoms with E-state index in [2.05, 4.69) is 9.96 Å². The molecule has 0 fully saturated rings. The Morgan fingerprint density at radius 1 is 1.10 bits per heavy atom. The van der Waals surface area contributed by atoms with E-state index in [1.807, 2.05) is 0 Å². The Balaban J connectivity index is 0.00000147. The quantitative estimate of drug-likeness (QED) is 0.513. The number of methoxy groups -OCH3 is 1. The number of ether oxygens (including phenoxy) is 1. The van der Waals surface area contributed by atoms with Crippen molar-refractivity contribution in [2.45, 2.75) is 0 Å². The fourth-order valence-corrected chi connectivity index (χ4v) is 2.13. The van der Waals surface area contributed by atoms with Gasteiger partial charge in [0.05, 0.1) is 23.5 Å². The predicted molar refractivity (Wildman–Crippen MR) is 73.4 cm³/mol. The first-order valence-electron chi connectivity index (χ1n) is 5.72. The molecule has 100 valence electrons. The fourth-order valence-electron chi connectivity index (χ4n) is 2.13. The van der Waals surface area contributed by atoms with E-state index in [1.165, 1.54) is 0 Å². The SMILES string of the molecule is COc1ccc2[nH]c3ccc([N+]#N)cc3c(=O)c2c1.[Cl-]. The lowest BCUT2D eigenvalue weighted by Gasteiger charge is -2.04. The molecule has 0 unspecified atom stereocenters. The number of H-pyrrole nitrogens is 1. The molecule has 0 amide bonds. The molecule has 5 nitrogen and oxygen atoms in total. The Bertz CT molecular complexity index is 896. The van der Waals surface area contributed by atoms with E-state index >= 15 is 0 Å². The molecule has 1 aromatic heterocycles. The van der Waals surface area contributed by atoms with Crippen molar-refractivity contribution in [1.82, 2.24) is 4.98 Å². The van der Waals surface area contributed by atoms with Gasteiger partial charge in [0, 0.05) is 17.5 Å². The highest BCUT2D eigenvalue weighted by Gasteiger charge is 2.11.